The van der Waals surface area contributed by atoms with Crippen LogP contribution in [0.4, 0.5) is 11.5 Å². The molecule has 0 unspecified atom stereocenters. The first-order valence-electron chi connectivity index (χ1n) is 9.29. The molecule has 0 radical (unpaired) electrons. The summed E-state index contributed by atoms with van der Waals surface area (Å²) < 4.78 is 11.1. The Morgan fingerprint density at radius 1 is 1.15 bits per heavy atom. The van der Waals surface area contributed by atoms with Crippen molar-refractivity contribution in [3.05, 3.63) is 36.0 Å². The van der Waals surface area contributed by atoms with E-state index in [9.17, 15) is 4.79 Å². The fourth-order valence-electron chi connectivity index (χ4n) is 3.31. The number of para-hydroxylation sites is 1. The number of nitrogens with one attached hydrogen (secondary N) is 2. The molecule has 2 aliphatic heterocycles. The number of amides is 1. The fourth-order valence-corrected chi connectivity index (χ4v) is 3.31. The molecular weight excluding hydrogens is 346 g/mol. The monoisotopic (exact) mass is 369 g/mol. The second kappa shape index (κ2) is 8.11. The van der Waals surface area contributed by atoms with Crippen molar-refractivity contribution in [3.8, 4) is 11.5 Å². The van der Waals surface area contributed by atoms with Crippen LogP contribution in [0.2, 0.25) is 0 Å². The maximum Gasteiger partial charge on any atom is 0.255 e. The molecule has 0 bridgehead atoms. The number of rotatable bonds is 6. The number of aromatic nitrogens is 2. The van der Waals surface area contributed by atoms with Crippen LogP contribution in [0.25, 0.3) is 0 Å². The molecule has 2 aromatic rings. The lowest BCUT2D eigenvalue weighted by Gasteiger charge is -2.20. The number of hydrogen-bond donors (Lipinski definition) is 2. The highest BCUT2D eigenvalue weighted by Crippen LogP contribution is 2.33. The van der Waals surface area contributed by atoms with Gasteiger partial charge in [-0.25, -0.2) is 0 Å². The predicted molar refractivity (Wildman–Crippen MR) is 102 cm³/mol. The Morgan fingerprint density at radius 2 is 2.00 bits per heavy atom. The molecule has 1 aromatic heterocycles. The molecule has 1 aromatic carbocycles. The first-order chi connectivity index (χ1) is 13.3. The molecule has 2 aliphatic rings. The van der Waals surface area contributed by atoms with Gasteiger partial charge in [-0.1, -0.05) is 6.07 Å². The zero-order valence-electron chi connectivity index (χ0n) is 15.1. The van der Waals surface area contributed by atoms with E-state index in [4.69, 9.17) is 9.47 Å². The van der Waals surface area contributed by atoms with Crippen LogP contribution in [0.1, 0.15) is 23.2 Å². The summed E-state index contributed by atoms with van der Waals surface area (Å²) in [5.74, 6) is 1.65. The summed E-state index contributed by atoms with van der Waals surface area (Å²) in [6, 6.07) is 7.33. The molecule has 4 rings (SSSR count). The van der Waals surface area contributed by atoms with E-state index in [0.29, 0.717) is 49.2 Å². The molecule has 3 heterocycles. The van der Waals surface area contributed by atoms with Crippen molar-refractivity contribution in [2.45, 2.75) is 12.8 Å². The summed E-state index contributed by atoms with van der Waals surface area (Å²) in [4.78, 5) is 14.8. The van der Waals surface area contributed by atoms with Gasteiger partial charge in [-0.15, -0.1) is 5.10 Å². The zero-order valence-corrected chi connectivity index (χ0v) is 15.1. The van der Waals surface area contributed by atoms with Crippen LogP contribution < -0.4 is 25.0 Å². The second-order valence-corrected chi connectivity index (χ2v) is 6.51. The Balaban J connectivity index is 1.29. The molecule has 142 valence electrons. The van der Waals surface area contributed by atoms with Crippen LogP contribution in [0.5, 0.6) is 11.5 Å². The van der Waals surface area contributed by atoms with Gasteiger partial charge in [0.15, 0.2) is 17.3 Å². The van der Waals surface area contributed by atoms with E-state index >= 15 is 0 Å². The first-order valence-corrected chi connectivity index (χ1v) is 9.29. The van der Waals surface area contributed by atoms with Crippen molar-refractivity contribution >= 4 is 17.4 Å². The Kier molecular flexibility index (Phi) is 5.22. The lowest BCUT2D eigenvalue weighted by molar-refractivity contribution is 0.0944. The molecule has 0 saturated carbocycles. The summed E-state index contributed by atoms with van der Waals surface area (Å²) in [5.41, 5.74) is 1.57. The van der Waals surface area contributed by atoms with Crippen molar-refractivity contribution in [3.63, 3.8) is 0 Å². The van der Waals surface area contributed by atoms with Gasteiger partial charge in [-0.2, -0.15) is 5.10 Å². The minimum absolute atomic E-state index is 0.184. The van der Waals surface area contributed by atoms with Crippen molar-refractivity contribution in [2.24, 2.45) is 0 Å². The van der Waals surface area contributed by atoms with Crippen LogP contribution in [0, 0.1) is 0 Å². The van der Waals surface area contributed by atoms with Gasteiger partial charge in [-0.3, -0.25) is 4.79 Å². The molecule has 8 nitrogen and oxygen atoms in total. The molecule has 0 atom stereocenters. The smallest absolute Gasteiger partial charge is 0.255 e. The molecule has 0 spiro atoms. The Bertz CT molecular complexity index is 808. The number of carbonyl (C=O) groups is 1. The summed E-state index contributed by atoms with van der Waals surface area (Å²) in [7, 11) is 0. The van der Waals surface area contributed by atoms with E-state index in [0.717, 1.165) is 18.8 Å². The fraction of sp³-hybridized carbons (Fsp3) is 0.421. The van der Waals surface area contributed by atoms with Gasteiger partial charge in [0.1, 0.15) is 13.2 Å². The Morgan fingerprint density at radius 3 is 2.89 bits per heavy atom. The van der Waals surface area contributed by atoms with Crippen LogP contribution in [0.3, 0.4) is 0 Å². The number of benzene rings is 1. The quantitative estimate of drug-likeness (QED) is 0.749. The van der Waals surface area contributed by atoms with E-state index in [1.54, 1.807) is 24.4 Å². The standard InChI is InChI=1S/C19H23N5O3/c25-19(15-4-3-5-16-18(15)27-11-10-26-16)21-7-6-20-17-12-14(13-22-23-17)24-8-1-2-9-24/h3-5,12-13H,1-2,6-11H2,(H,20,23)(H,21,25). The van der Waals surface area contributed by atoms with E-state index in [1.807, 2.05) is 6.07 Å². The van der Waals surface area contributed by atoms with E-state index in [1.165, 1.54) is 12.8 Å². The maximum atomic E-state index is 12.4. The predicted octanol–water partition coefficient (Wildman–Crippen LogP) is 1.69. The van der Waals surface area contributed by atoms with E-state index in [2.05, 4.69) is 25.7 Å². The molecule has 27 heavy (non-hydrogen) atoms. The van der Waals surface area contributed by atoms with E-state index in [-0.39, 0.29) is 5.91 Å². The highest BCUT2D eigenvalue weighted by Gasteiger charge is 2.20. The third-order valence-corrected chi connectivity index (χ3v) is 4.64. The van der Waals surface area contributed by atoms with Crippen molar-refractivity contribution in [2.75, 3.05) is 49.6 Å². The number of fused-ring (bicyclic) bond motifs is 1. The van der Waals surface area contributed by atoms with Gasteiger partial charge in [0, 0.05) is 32.2 Å². The lowest BCUT2D eigenvalue weighted by atomic mass is 10.1. The van der Waals surface area contributed by atoms with Gasteiger partial charge in [0.2, 0.25) is 0 Å². The summed E-state index contributed by atoms with van der Waals surface area (Å²) >= 11 is 0. The summed E-state index contributed by atoms with van der Waals surface area (Å²) in [5, 5.41) is 14.3. The largest absolute Gasteiger partial charge is 0.486 e. The Labute approximate surface area is 157 Å². The van der Waals surface area contributed by atoms with Crippen molar-refractivity contribution < 1.29 is 14.3 Å². The minimum atomic E-state index is -0.184. The molecular formula is C19H23N5O3. The van der Waals surface area contributed by atoms with Gasteiger partial charge in [0.05, 0.1) is 17.4 Å². The second-order valence-electron chi connectivity index (χ2n) is 6.51. The number of hydrogen-bond acceptors (Lipinski definition) is 7. The molecule has 1 fully saturated rings. The maximum absolute atomic E-state index is 12.4. The van der Waals surface area contributed by atoms with Gasteiger partial charge in [0.25, 0.3) is 5.91 Å². The number of carbonyl (C=O) groups excluding carboxylic acids is 1. The topological polar surface area (TPSA) is 88.6 Å². The van der Waals surface area contributed by atoms with Gasteiger partial charge >= 0.3 is 0 Å². The normalized spacial score (nSPS) is 15.5. The number of ether oxygens (including phenoxy) is 2. The zero-order chi connectivity index (χ0) is 18.5. The number of anilines is 2. The average molecular weight is 369 g/mol. The molecule has 2 N–H and O–H groups in total. The molecule has 1 saturated heterocycles. The lowest BCUT2D eigenvalue weighted by Crippen LogP contribution is -2.30. The van der Waals surface area contributed by atoms with Crippen LogP contribution in [-0.4, -0.2) is 55.5 Å². The summed E-state index contributed by atoms with van der Waals surface area (Å²) in [6.45, 7) is 4.09. The average Bonchev–Trinajstić information content (AvgIpc) is 3.26. The minimum Gasteiger partial charge on any atom is -0.486 e. The molecule has 8 heteroatoms. The highest BCUT2D eigenvalue weighted by molar-refractivity contribution is 5.97. The molecule has 1 amide bonds. The Hall–Kier alpha value is -3.03. The highest BCUT2D eigenvalue weighted by atomic mass is 16.6. The first kappa shape index (κ1) is 17.4. The van der Waals surface area contributed by atoms with Crippen LogP contribution >= 0.6 is 0 Å². The van der Waals surface area contributed by atoms with Crippen LogP contribution in [0.15, 0.2) is 30.5 Å². The summed E-state index contributed by atoms with van der Waals surface area (Å²) in [6.07, 6.45) is 4.23. The van der Waals surface area contributed by atoms with Crippen molar-refractivity contribution in [1.29, 1.82) is 0 Å². The number of nitrogens with zero attached hydrogens (tertiary/aromatic N) is 3. The molecule has 0 aliphatic carbocycles. The van der Waals surface area contributed by atoms with Crippen molar-refractivity contribution in [1.82, 2.24) is 15.5 Å². The van der Waals surface area contributed by atoms with E-state index < -0.39 is 0 Å². The SMILES string of the molecule is O=C(NCCNc1cc(N2CCCC2)cnn1)c1cccc2c1OCCO2. The van der Waals surface area contributed by atoms with Gasteiger partial charge in [-0.05, 0) is 25.0 Å². The van der Waals surface area contributed by atoms with Crippen LogP contribution in [-0.2, 0) is 0 Å². The third-order valence-electron chi connectivity index (χ3n) is 4.64. The van der Waals surface area contributed by atoms with Gasteiger partial charge < -0.3 is 25.0 Å². The third kappa shape index (κ3) is 4.05.